The van der Waals surface area contributed by atoms with Crippen molar-refractivity contribution in [3.63, 3.8) is 0 Å². The van der Waals surface area contributed by atoms with Crippen molar-refractivity contribution in [1.82, 2.24) is 19.9 Å². The zero-order valence-electron chi connectivity index (χ0n) is 11.8. The molecule has 0 radical (unpaired) electrons. The lowest BCUT2D eigenvalue weighted by Gasteiger charge is -2.03. The molecule has 22 heavy (non-hydrogen) atoms. The number of nitrogens with zero attached hydrogens (tertiary/aromatic N) is 4. The molecule has 0 amide bonds. The highest BCUT2D eigenvalue weighted by molar-refractivity contribution is 7.71. The SMILES string of the molecule is COc1ccc(-c2n[nH]c(=S)n2N=Cc2ccncc2)cc1. The minimum atomic E-state index is 0.427. The first-order valence-electron chi connectivity index (χ1n) is 6.54. The number of H-pyrrole nitrogens is 1. The zero-order chi connectivity index (χ0) is 15.4. The van der Waals surface area contributed by atoms with Gasteiger partial charge in [-0.1, -0.05) is 0 Å². The van der Waals surface area contributed by atoms with E-state index < -0.39 is 0 Å². The van der Waals surface area contributed by atoms with Crippen LogP contribution in [-0.4, -0.2) is 33.2 Å². The first-order valence-corrected chi connectivity index (χ1v) is 6.95. The van der Waals surface area contributed by atoms with Crippen molar-refractivity contribution >= 4 is 18.4 Å². The van der Waals surface area contributed by atoms with E-state index in [2.05, 4.69) is 20.3 Å². The monoisotopic (exact) mass is 311 g/mol. The van der Waals surface area contributed by atoms with Crippen molar-refractivity contribution in [2.45, 2.75) is 0 Å². The molecule has 2 aromatic heterocycles. The van der Waals surface area contributed by atoms with Crippen molar-refractivity contribution in [1.29, 1.82) is 0 Å². The molecule has 3 aromatic rings. The third kappa shape index (κ3) is 2.94. The van der Waals surface area contributed by atoms with Crippen molar-refractivity contribution < 1.29 is 4.74 Å². The van der Waals surface area contributed by atoms with Gasteiger partial charge in [0.15, 0.2) is 5.82 Å². The van der Waals surface area contributed by atoms with Crippen LogP contribution in [0.15, 0.2) is 53.9 Å². The van der Waals surface area contributed by atoms with E-state index in [0.29, 0.717) is 10.6 Å². The van der Waals surface area contributed by atoms with E-state index in [1.54, 1.807) is 30.4 Å². The molecule has 1 aromatic carbocycles. The van der Waals surface area contributed by atoms with Gasteiger partial charge < -0.3 is 4.74 Å². The number of hydrogen-bond donors (Lipinski definition) is 1. The molecule has 0 fully saturated rings. The highest BCUT2D eigenvalue weighted by Crippen LogP contribution is 2.20. The number of aromatic amines is 1. The Bertz CT molecular complexity index is 836. The number of nitrogens with one attached hydrogen (secondary N) is 1. The van der Waals surface area contributed by atoms with Gasteiger partial charge in [-0.15, -0.1) is 0 Å². The Hall–Kier alpha value is -2.80. The topological polar surface area (TPSA) is 68.1 Å². The molecule has 2 heterocycles. The first kappa shape index (κ1) is 14.2. The number of benzene rings is 1. The van der Waals surface area contributed by atoms with Gasteiger partial charge in [0.05, 0.1) is 13.3 Å². The van der Waals surface area contributed by atoms with Crippen molar-refractivity contribution in [2.24, 2.45) is 5.10 Å². The molecule has 7 heteroatoms. The molecule has 0 unspecified atom stereocenters. The second kappa shape index (κ2) is 6.31. The number of rotatable bonds is 4. The minimum absolute atomic E-state index is 0.427. The second-order valence-corrected chi connectivity index (χ2v) is 4.80. The van der Waals surface area contributed by atoms with E-state index in [1.807, 2.05) is 36.4 Å². The summed E-state index contributed by atoms with van der Waals surface area (Å²) in [7, 11) is 1.63. The van der Waals surface area contributed by atoms with Crippen LogP contribution >= 0.6 is 12.2 Å². The standard InChI is InChI=1S/C15H13N5OS/c1-21-13-4-2-12(3-5-13)14-18-19-15(22)20(14)17-10-11-6-8-16-9-7-11/h2-10H,1H3,(H,19,22). The van der Waals surface area contributed by atoms with Gasteiger partial charge in [0.2, 0.25) is 4.77 Å². The molecule has 0 saturated carbocycles. The number of ether oxygens (including phenoxy) is 1. The summed E-state index contributed by atoms with van der Waals surface area (Å²) in [5, 5.41) is 11.4. The zero-order valence-corrected chi connectivity index (χ0v) is 12.6. The lowest BCUT2D eigenvalue weighted by atomic mass is 10.2. The summed E-state index contributed by atoms with van der Waals surface area (Å²) in [5.41, 5.74) is 1.82. The van der Waals surface area contributed by atoms with E-state index in [4.69, 9.17) is 17.0 Å². The predicted octanol–water partition coefficient (Wildman–Crippen LogP) is 2.89. The minimum Gasteiger partial charge on any atom is -0.497 e. The number of hydrogen-bond acceptors (Lipinski definition) is 5. The number of pyridine rings is 1. The number of aromatic nitrogens is 4. The summed E-state index contributed by atoms with van der Waals surface area (Å²) in [6.45, 7) is 0. The molecule has 0 aliphatic carbocycles. The Morgan fingerprint density at radius 2 is 1.91 bits per heavy atom. The lowest BCUT2D eigenvalue weighted by molar-refractivity contribution is 0.415. The van der Waals surface area contributed by atoms with Crippen LogP contribution in [-0.2, 0) is 0 Å². The molecule has 0 bridgehead atoms. The lowest BCUT2D eigenvalue weighted by Crippen LogP contribution is -1.95. The summed E-state index contributed by atoms with van der Waals surface area (Å²) in [5.74, 6) is 1.42. The summed E-state index contributed by atoms with van der Waals surface area (Å²) < 4.78 is 7.16. The summed E-state index contributed by atoms with van der Waals surface area (Å²) >= 11 is 5.23. The maximum absolute atomic E-state index is 5.23. The van der Waals surface area contributed by atoms with E-state index in [9.17, 15) is 0 Å². The third-order valence-electron chi connectivity index (χ3n) is 3.03. The van der Waals surface area contributed by atoms with Crippen molar-refractivity contribution in [2.75, 3.05) is 7.11 Å². The fraction of sp³-hybridized carbons (Fsp3) is 0.0667. The number of methoxy groups -OCH3 is 1. The second-order valence-electron chi connectivity index (χ2n) is 4.42. The van der Waals surface area contributed by atoms with Crippen molar-refractivity contribution in [3.8, 4) is 17.1 Å². The Morgan fingerprint density at radius 3 is 2.59 bits per heavy atom. The van der Waals surface area contributed by atoms with Gasteiger partial charge in [0, 0.05) is 18.0 Å². The van der Waals surface area contributed by atoms with Crippen LogP contribution in [0.25, 0.3) is 11.4 Å². The van der Waals surface area contributed by atoms with Gasteiger partial charge in [-0.3, -0.25) is 4.98 Å². The Balaban J connectivity index is 1.97. The van der Waals surface area contributed by atoms with Crippen LogP contribution in [0.3, 0.4) is 0 Å². The highest BCUT2D eigenvalue weighted by Gasteiger charge is 2.08. The smallest absolute Gasteiger partial charge is 0.216 e. The summed E-state index contributed by atoms with van der Waals surface area (Å²) in [6.07, 6.45) is 5.13. The van der Waals surface area contributed by atoms with Gasteiger partial charge in [0.25, 0.3) is 0 Å². The molecular weight excluding hydrogens is 298 g/mol. The fourth-order valence-corrected chi connectivity index (χ4v) is 2.08. The van der Waals surface area contributed by atoms with Gasteiger partial charge in [-0.05, 0) is 54.2 Å². The van der Waals surface area contributed by atoms with Gasteiger partial charge in [-0.2, -0.15) is 14.9 Å². The van der Waals surface area contributed by atoms with Crippen LogP contribution in [0.4, 0.5) is 0 Å². The predicted molar refractivity (Wildman–Crippen MR) is 86.6 cm³/mol. The van der Waals surface area contributed by atoms with Crippen LogP contribution in [0.5, 0.6) is 5.75 Å². The van der Waals surface area contributed by atoms with E-state index in [0.717, 1.165) is 16.9 Å². The Labute approximate surface area is 132 Å². The molecule has 1 N–H and O–H groups in total. The van der Waals surface area contributed by atoms with E-state index >= 15 is 0 Å². The molecule has 6 nitrogen and oxygen atoms in total. The molecule has 0 spiro atoms. The molecule has 110 valence electrons. The quantitative estimate of drug-likeness (QED) is 0.594. The molecule has 0 saturated heterocycles. The fourth-order valence-electron chi connectivity index (χ4n) is 1.90. The average Bonchev–Trinajstić information content (AvgIpc) is 2.95. The van der Waals surface area contributed by atoms with Crippen LogP contribution < -0.4 is 4.74 Å². The van der Waals surface area contributed by atoms with Crippen LogP contribution in [0.2, 0.25) is 0 Å². The van der Waals surface area contributed by atoms with Gasteiger partial charge in [0.1, 0.15) is 5.75 Å². The van der Waals surface area contributed by atoms with Crippen LogP contribution in [0, 0.1) is 4.77 Å². The average molecular weight is 311 g/mol. The normalized spacial score (nSPS) is 11.0. The Kier molecular flexibility index (Phi) is 4.06. The van der Waals surface area contributed by atoms with Gasteiger partial charge in [-0.25, -0.2) is 5.10 Å². The first-order chi connectivity index (χ1) is 10.8. The van der Waals surface area contributed by atoms with Crippen molar-refractivity contribution in [3.05, 3.63) is 59.1 Å². The summed E-state index contributed by atoms with van der Waals surface area (Å²) in [6, 6.07) is 11.3. The maximum atomic E-state index is 5.23. The third-order valence-corrected chi connectivity index (χ3v) is 3.29. The molecular formula is C15H13N5OS. The molecule has 0 aliphatic heterocycles. The highest BCUT2D eigenvalue weighted by atomic mass is 32.1. The molecule has 0 aliphatic rings. The van der Waals surface area contributed by atoms with E-state index in [-0.39, 0.29) is 0 Å². The summed E-state index contributed by atoms with van der Waals surface area (Å²) in [4.78, 5) is 3.97. The molecule has 0 atom stereocenters. The molecule has 3 rings (SSSR count). The largest absolute Gasteiger partial charge is 0.497 e. The Morgan fingerprint density at radius 1 is 1.18 bits per heavy atom. The maximum Gasteiger partial charge on any atom is 0.216 e. The van der Waals surface area contributed by atoms with Gasteiger partial charge >= 0.3 is 0 Å². The van der Waals surface area contributed by atoms with E-state index in [1.165, 1.54) is 0 Å². The van der Waals surface area contributed by atoms with Crippen LogP contribution in [0.1, 0.15) is 5.56 Å².